The van der Waals surface area contributed by atoms with Crippen molar-refractivity contribution in [3.8, 4) is 0 Å². The minimum atomic E-state index is -0.696. The minimum Gasteiger partial charge on any atom is -0.385 e. The van der Waals surface area contributed by atoms with Crippen molar-refractivity contribution in [1.82, 2.24) is 0 Å². The molecule has 0 aromatic carbocycles. The second-order valence-electron chi connectivity index (χ2n) is 3.93. The number of carbonyl (C=O) groups is 1. The largest absolute Gasteiger partial charge is 0.385 e. The number of hydrogen-bond acceptors (Lipinski definition) is 2. The summed E-state index contributed by atoms with van der Waals surface area (Å²) in [5.41, 5.74) is 0. The van der Waals surface area contributed by atoms with Crippen LogP contribution in [0.4, 0.5) is 0 Å². The van der Waals surface area contributed by atoms with Gasteiger partial charge in [0.15, 0.2) is 5.78 Å². The van der Waals surface area contributed by atoms with E-state index in [4.69, 9.17) is 0 Å². The Morgan fingerprint density at radius 2 is 1.64 bits per heavy atom. The minimum absolute atomic E-state index is 0.0366. The maximum absolute atomic E-state index is 11.4. The molecule has 0 aliphatic heterocycles. The third-order valence-corrected chi connectivity index (χ3v) is 2.48. The number of hydrogen-bond donors (Lipinski definition) is 1. The van der Waals surface area contributed by atoms with Gasteiger partial charge in [-0.1, -0.05) is 46.0 Å². The number of rotatable bonds is 9. The van der Waals surface area contributed by atoms with E-state index in [2.05, 4.69) is 13.8 Å². The molecule has 0 aromatic heterocycles. The van der Waals surface area contributed by atoms with Gasteiger partial charge in [-0.3, -0.25) is 4.79 Å². The van der Waals surface area contributed by atoms with Crippen molar-refractivity contribution in [3.05, 3.63) is 0 Å². The van der Waals surface area contributed by atoms with Crippen LogP contribution in [0.5, 0.6) is 0 Å². The van der Waals surface area contributed by atoms with Crippen molar-refractivity contribution >= 4 is 5.78 Å². The fraction of sp³-hybridized carbons (Fsp3) is 0.917. The maximum Gasteiger partial charge on any atom is 0.161 e. The van der Waals surface area contributed by atoms with Gasteiger partial charge in [-0.25, -0.2) is 0 Å². The summed E-state index contributed by atoms with van der Waals surface area (Å²) in [6.07, 6.45) is 6.87. The molecule has 2 heteroatoms. The highest BCUT2D eigenvalue weighted by molar-refractivity contribution is 5.82. The van der Waals surface area contributed by atoms with Gasteiger partial charge < -0.3 is 5.11 Å². The van der Waals surface area contributed by atoms with E-state index >= 15 is 0 Å². The van der Waals surface area contributed by atoms with Crippen LogP contribution in [0, 0.1) is 0 Å². The molecule has 0 radical (unpaired) electrons. The molecule has 14 heavy (non-hydrogen) atoms. The van der Waals surface area contributed by atoms with Crippen LogP contribution in [0.3, 0.4) is 0 Å². The van der Waals surface area contributed by atoms with Gasteiger partial charge in [0.25, 0.3) is 0 Å². The first-order valence-electron chi connectivity index (χ1n) is 5.93. The second-order valence-corrected chi connectivity index (χ2v) is 3.93. The monoisotopic (exact) mass is 200 g/mol. The van der Waals surface area contributed by atoms with Crippen molar-refractivity contribution in [1.29, 1.82) is 0 Å². The molecule has 0 unspecified atom stereocenters. The summed E-state index contributed by atoms with van der Waals surface area (Å²) in [6, 6.07) is 0. The molecule has 0 aromatic rings. The number of unbranched alkanes of at least 4 members (excludes halogenated alkanes) is 4. The lowest BCUT2D eigenvalue weighted by molar-refractivity contribution is -0.127. The third-order valence-electron chi connectivity index (χ3n) is 2.48. The Balaban J connectivity index is 3.44. The van der Waals surface area contributed by atoms with E-state index in [0.29, 0.717) is 12.8 Å². The molecule has 0 spiro atoms. The van der Waals surface area contributed by atoms with E-state index in [9.17, 15) is 9.90 Å². The molecular weight excluding hydrogens is 176 g/mol. The van der Waals surface area contributed by atoms with Crippen LogP contribution >= 0.6 is 0 Å². The molecule has 1 atom stereocenters. The Bertz CT molecular complexity index is 143. The highest BCUT2D eigenvalue weighted by Crippen LogP contribution is 2.08. The zero-order valence-corrected chi connectivity index (χ0v) is 9.59. The first-order valence-corrected chi connectivity index (χ1v) is 5.93. The Morgan fingerprint density at radius 1 is 1.07 bits per heavy atom. The number of Topliss-reactive ketones (excluding diaryl/α,β-unsaturated/α-hetero) is 1. The van der Waals surface area contributed by atoms with Crippen LogP contribution in [-0.4, -0.2) is 17.0 Å². The topological polar surface area (TPSA) is 37.3 Å². The zero-order chi connectivity index (χ0) is 10.8. The van der Waals surface area contributed by atoms with Gasteiger partial charge in [0.2, 0.25) is 0 Å². The number of aliphatic hydroxyl groups is 1. The first-order chi connectivity index (χ1) is 6.72. The molecule has 0 fully saturated rings. The third kappa shape index (κ3) is 7.07. The molecule has 84 valence electrons. The Morgan fingerprint density at radius 3 is 2.21 bits per heavy atom. The van der Waals surface area contributed by atoms with Crippen LogP contribution in [0.25, 0.3) is 0 Å². The van der Waals surface area contributed by atoms with Crippen molar-refractivity contribution in [2.24, 2.45) is 0 Å². The fourth-order valence-corrected chi connectivity index (χ4v) is 1.46. The van der Waals surface area contributed by atoms with E-state index in [-0.39, 0.29) is 5.78 Å². The van der Waals surface area contributed by atoms with Crippen molar-refractivity contribution in [2.75, 3.05) is 0 Å². The van der Waals surface area contributed by atoms with E-state index in [0.717, 1.165) is 38.5 Å². The van der Waals surface area contributed by atoms with Crippen LogP contribution in [0.2, 0.25) is 0 Å². The summed E-state index contributed by atoms with van der Waals surface area (Å²) in [5.74, 6) is 0.0366. The predicted octanol–water partition coefficient (Wildman–Crippen LogP) is 3.08. The Hall–Kier alpha value is -0.370. The molecule has 0 saturated heterocycles. The molecule has 0 aliphatic carbocycles. The summed E-state index contributed by atoms with van der Waals surface area (Å²) < 4.78 is 0. The Labute approximate surface area is 87.7 Å². The summed E-state index contributed by atoms with van der Waals surface area (Å²) >= 11 is 0. The quantitative estimate of drug-likeness (QED) is 0.581. The van der Waals surface area contributed by atoms with Gasteiger partial charge in [-0.2, -0.15) is 0 Å². The van der Waals surface area contributed by atoms with Gasteiger partial charge in [-0.05, 0) is 12.8 Å². The molecule has 2 nitrogen and oxygen atoms in total. The van der Waals surface area contributed by atoms with Crippen LogP contribution in [0.15, 0.2) is 0 Å². The lowest BCUT2D eigenvalue weighted by Gasteiger charge is -2.08. The van der Waals surface area contributed by atoms with E-state index < -0.39 is 6.10 Å². The molecular formula is C12H24O2. The van der Waals surface area contributed by atoms with Gasteiger partial charge in [0.05, 0.1) is 0 Å². The molecule has 0 heterocycles. The van der Waals surface area contributed by atoms with E-state index in [1.807, 2.05) is 0 Å². The molecule has 0 bridgehead atoms. The van der Waals surface area contributed by atoms with Crippen LogP contribution < -0.4 is 0 Å². The highest BCUT2D eigenvalue weighted by atomic mass is 16.3. The lowest BCUT2D eigenvalue weighted by atomic mass is 10.0. The van der Waals surface area contributed by atoms with Gasteiger partial charge in [0, 0.05) is 6.42 Å². The van der Waals surface area contributed by atoms with Crippen LogP contribution in [0.1, 0.15) is 65.2 Å². The maximum atomic E-state index is 11.4. The number of aliphatic hydroxyl groups excluding tert-OH is 1. The average molecular weight is 200 g/mol. The standard InChI is InChI=1S/C12H24O2/c1-3-5-7-9-11(13)12(14)10-8-6-4-2/h11,13H,3-10H2,1-2H3/t11-/m1/s1. The van der Waals surface area contributed by atoms with Crippen molar-refractivity contribution in [2.45, 2.75) is 71.3 Å². The van der Waals surface area contributed by atoms with E-state index in [1.54, 1.807) is 0 Å². The summed E-state index contributed by atoms with van der Waals surface area (Å²) in [6.45, 7) is 4.23. The normalized spacial score (nSPS) is 12.8. The molecule has 0 rings (SSSR count). The second kappa shape index (κ2) is 9.20. The molecule has 0 amide bonds. The average Bonchev–Trinajstić information content (AvgIpc) is 2.18. The zero-order valence-electron chi connectivity index (χ0n) is 9.59. The van der Waals surface area contributed by atoms with Crippen molar-refractivity contribution in [3.63, 3.8) is 0 Å². The molecule has 0 aliphatic rings. The number of ketones is 1. The Kier molecular flexibility index (Phi) is 8.95. The number of carbonyl (C=O) groups excluding carboxylic acids is 1. The van der Waals surface area contributed by atoms with Gasteiger partial charge in [0.1, 0.15) is 6.10 Å². The fourth-order valence-electron chi connectivity index (χ4n) is 1.46. The van der Waals surface area contributed by atoms with E-state index in [1.165, 1.54) is 0 Å². The van der Waals surface area contributed by atoms with Crippen molar-refractivity contribution < 1.29 is 9.90 Å². The smallest absolute Gasteiger partial charge is 0.161 e. The lowest BCUT2D eigenvalue weighted by Crippen LogP contribution is -2.19. The first kappa shape index (κ1) is 13.6. The SMILES string of the molecule is CCCCCC(=O)[C@H](O)CCCCC. The van der Waals surface area contributed by atoms with Gasteiger partial charge >= 0.3 is 0 Å². The molecule has 0 saturated carbocycles. The van der Waals surface area contributed by atoms with Gasteiger partial charge in [-0.15, -0.1) is 0 Å². The highest BCUT2D eigenvalue weighted by Gasteiger charge is 2.13. The summed E-state index contributed by atoms with van der Waals surface area (Å²) in [5, 5.41) is 9.49. The van der Waals surface area contributed by atoms with Crippen LogP contribution in [-0.2, 0) is 4.79 Å². The molecule has 1 N–H and O–H groups in total. The summed E-state index contributed by atoms with van der Waals surface area (Å²) in [4.78, 5) is 11.4. The summed E-state index contributed by atoms with van der Waals surface area (Å²) in [7, 11) is 0. The predicted molar refractivity (Wildman–Crippen MR) is 59.3 cm³/mol.